The van der Waals surface area contributed by atoms with Gasteiger partial charge in [-0.3, -0.25) is 0 Å². The van der Waals surface area contributed by atoms with Crippen molar-refractivity contribution in [3.63, 3.8) is 0 Å². The molecule has 0 radical (unpaired) electrons. The molecule has 0 bridgehead atoms. The fraction of sp³-hybridized carbons (Fsp3) is 0.500. The molecule has 0 aromatic heterocycles. The monoisotopic (exact) mass is 227 g/mol. The van der Waals surface area contributed by atoms with Gasteiger partial charge in [0.1, 0.15) is 5.82 Å². The Kier molecular flexibility index (Phi) is 2.73. The van der Waals surface area contributed by atoms with Gasteiger partial charge in [0.15, 0.2) is 0 Å². The van der Waals surface area contributed by atoms with Gasteiger partial charge in [0.25, 0.3) is 0 Å². The van der Waals surface area contributed by atoms with Crippen LogP contribution in [0, 0.1) is 11.7 Å². The molecule has 1 heterocycles. The molecule has 1 aliphatic rings. The number of rotatable bonds is 2. The van der Waals surface area contributed by atoms with Crippen LogP contribution in [0.1, 0.15) is 19.4 Å². The van der Waals surface area contributed by atoms with Crippen LogP contribution in [-0.4, -0.2) is 13.1 Å². The van der Waals surface area contributed by atoms with Crippen molar-refractivity contribution in [2.45, 2.75) is 19.3 Å². The highest BCUT2D eigenvalue weighted by atomic mass is 35.5. The Labute approximate surface area is 94.6 Å². The normalized spacial score (nSPS) is 19.0. The number of hydrogen-bond donors (Lipinski definition) is 1. The van der Waals surface area contributed by atoms with E-state index in [0.717, 1.165) is 18.7 Å². The molecule has 2 rings (SSSR count). The summed E-state index contributed by atoms with van der Waals surface area (Å²) in [5, 5.41) is 3.46. The molecule has 82 valence electrons. The Morgan fingerprint density at radius 3 is 2.47 bits per heavy atom. The average molecular weight is 228 g/mol. The molecule has 0 aliphatic carbocycles. The molecule has 1 saturated heterocycles. The molecule has 1 N–H and O–H groups in total. The summed E-state index contributed by atoms with van der Waals surface area (Å²) in [4.78, 5) is 0. The van der Waals surface area contributed by atoms with Crippen LogP contribution in [-0.2, 0) is 5.41 Å². The standard InChI is InChI=1S/C12H15ClFN/c1-8(2)12(6-15-7-12)9-3-4-10(13)11(14)5-9/h3-5,8,15H,6-7H2,1-2H3. The van der Waals surface area contributed by atoms with Crippen LogP contribution < -0.4 is 5.32 Å². The zero-order valence-electron chi connectivity index (χ0n) is 8.98. The van der Waals surface area contributed by atoms with Crippen molar-refractivity contribution in [3.05, 3.63) is 34.6 Å². The molecule has 0 amide bonds. The van der Waals surface area contributed by atoms with Crippen molar-refractivity contribution in [2.75, 3.05) is 13.1 Å². The van der Waals surface area contributed by atoms with Crippen LogP contribution in [0.3, 0.4) is 0 Å². The first-order valence-corrected chi connectivity index (χ1v) is 5.60. The van der Waals surface area contributed by atoms with Crippen molar-refractivity contribution in [1.29, 1.82) is 0 Å². The van der Waals surface area contributed by atoms with Gasteiger partial charge in [0, 0.05) is 18.5 Å². The largest absolute Gasteiger partial charge is 0.315 e. The Hall–Kier alpha value is -0.600. The first-order valence-electron chi connectivity index (χ1n) is 5.22. The number of hydrogen-bond acceptors (Lipinski definition) is 1. The smallest absolute Gasteiger partial charge is 0.142 e. The maximum absolute atomic E-state index is 13.4. The lowest BCUT2D eigenvalue weighted by atomic mass is 9.67. The van der Waals surface area contributed by atoms with E-state index in [1.165, 1.54) is 0 Å². The lowest BCUT2D eigenvalue weighted by Gasteiger charge is -2.46. The van der Waals surface area contributed by atoms with Gasteiger partial charge in [-0.15, -0.1) is 0 Å². The summed E-state index contributed by atoms with van der Waals surface area (Å²) < 4.78 is 13.4. The van der Waals surface area contributed by atoms with Crippen LogP contribution >= 0.6 is 11.6 Å². The van der Waals surface area contributed by atoms with E-state index in [1.54, 1.807) is 12.1 Å². The predicted octanol–water partition coefficient (Wildman–Crippen LogP) is 2.98. The Balaban J connectivity index is 2.39. The van der Waals surface area contributed by atoms with Gasteiger partial charge in [0.2, 0.25) is 0 Å². The van der Waals surface area contributed by atoms with Gasteiger partial charge in [0.05, 0.1) is 5.02 Å². The zero-order chi connectivity index (χ0) is 11.1. The molecular formula is C12H15ClFN. The molecule has 1 nitrogen and oxygen atoms in total. The van der Waals surface area contributed by atoms with Gasteiger partial charge in [-0.05, 0) is 23.6 Å². The second-order valence-electron chi connectivity index (χ2n) is 4.54. The van der Waals surface area contributed by atoms with Crippen molar-refractivity contribution in [3.8, 4) is 0 Å². The summed E-state index contributed by atoms with van der Waals surface area (Å²) >= 11 is 5.68. The van der Waals surface area contributed by atoms with E-state index in [4.69, 9.17) is 11.6 Å². The molecular weight excluding hydrogens is 213 g/mol. The average Bonchev–Trinajstić information content (AvgIpc) is 2.08. The van der Waals surface area contributed by atoms with Gasteiger partial charge >= 0.3 is 0 Å². The Bertz CT molecular complexity index is 372. The van der Waals surface area contributed by atoms with Crippen LogP contribution in [0.25, 0.3) is 0 Å². The third-order valence-corrected chi connectivity index (χ3v) is 3.79. The lowest BCUT2D eigenvalue weighted by molar-refractivity contribution is 0.199. The molecule has 3 heteroatoms. The van der Waals surface area contributed by atoms with Crippen LogP contribution in [0.4, 0.5) is 4.39 Å². The third-order valence-electron chi connectivity index (χ3n) is 3.48. The van der Waals surface area contributed by atoms with Crippen LogP contribution in [0.15, 0.2) is 18.2 Å². The third kappa shape index (κ3) is 1.66. The molecule has 1 fully saturated rings. The van der Waals surface area contributed by atoms with E-state index >= 15 is 0 Å². The Morgan fingerprint density at radius 2 is 2.07 bits per heavy atom. The highest BCUT2D eigenvalue weighted by molar-refractivity contribution is 6.30. The maximum atomic E-state index is 13.4. The lowest BCUT2D eigenvalue weighted by Crippen LogP contribution is -2.59. The van der Waals surface area contributed by atoms with E-state index in [9.17, 15) is 4.39 Å². The van der Waals surface area contributed by atoms with E-state index < -0.39 is 0 Å². The van der Waals surface area contributed by atoms with E-state index in [1.807, 2.05) is 6.07 Å². The summed E-state index contributed by atoms with van der Waals surface area (Å²) in [5.74, 6) is 0.181. The number of benzene rings is 1. The molecule has 1 aliphatic heterocycles. The van der Waals surface area contributed by atoms with E-state index in [0.29, 0.717) is 5.92 Å². The van der Waals surface area contributed by atoms with Gasteiger partial charge in [-0.2, -0.15) is 0 Å². The quantitative estimate of drug-likeness (QED) is 0.819. The van der Waals surface area contributed by atoms with Crippen LogP contribution in [0.2, 0.25) is 5.02 Å². The fourth-order valence-corrected chi connectivity index (χ4v) is 2.26. The molecule has 0 saturated carbocycles. The first kappa shape index (κ1) is 10.9. The highest BCUT2D eigenvalue weighted by Crippen LogP contribution is 2.37. The first-order chi connectivity index (χ1) is 7.06. The SMILES string of the molecule is CC(C)C1(c2ccc(Cl)c(F)c2)CNC1. The van der Waals surface area contributed by atoms with E-state index in [-0.39, 0.29) is 16.3 Å². The number of nitrogens with one attached hydrogen (secondary N) is 1. The predicted molar refractivity (Wildman–Crippen MR) is 60.8 cm³/mol. The molecule has 1 aromatic rings. The van der Waals surface area contributed by atoms with E-state index in [2.05, 4.69) is 19.2 Å². The van der Waals surface area contributed by atoms with Crippen molar-refractivity contribution in [1.82, 2.24) is 5.32 Å². The van der Waals surface area contributed by atoms with Crippen LogP contribution in [0.5, 0.6) is 0 Å². The molecule has 0 atom stereocenters. The highest BCUT2D eigenvalue weighted by Gasteiger charge is 2.41. The minimum Gasteiger partial charge on any atom is -0.315 e. The Morgan fingerprint density at radius 1 is 1.40 bits per heavy atom. The van der Waals surface area contributed by atoms with Gasteiger partial charge < -0.3 is 5.32 Å². The second-order valence-corrected chi connectivity index (χ2v) is 4.95. The minimum absolute atomic E-state index is 0.0887. The topological polar surface area (TPSA) is 12.0 Å². The van der Waals surface area contributed by atoms with Crippen molar-refractivity contribution < 1.29 is 4.39 Å². The zero-order valence-corrected chi connectivity index (χ0v) is 9.74. The molecule has 15 heavy (non-hydrogen) atoms. The summed E-state index contributed by atoms with van der Waals surface area (Å²) in [6.45, 7) is 6.19. The van der Waals surface area contributed by atoms with Crippen molar-refractivity contribution in [2.24, 2.45) is 5.92 Å². The maximum Gasteiger partial charge on any atom is 0.142 e. The summed E-state index contributed by atoms with van der Waals surface area (Å²) in [7, 11) is 0. The summed E-state index contributed by atoms with van der Waals surface area (Å²) in [6, 6.07) is 5.16. The van der Waals surface area contributed by atoms with Gasteiger partial charge in [-0.1, -0.05) is 31.5 Å². The molecule has 0 unspecified atom stereocenters. The van der Waals surface area contributed by atoms with Gasteiger partial charge in [-0.25, -0.2) is 4.39 Å². The molecule has 0 spiro atoms. The molecule has 1 aromatic carbocycles. The summed E-state index contributed by atoms with van der Waals surface area (Å²) in [5.41, 5.74) is 1.14. The van der Waals surface area contributed by atoms with Crippen molar-refractivity contribution >= 4 is 11.6 Å². The fourth-order valence-electron chi connectivity index (χ4n) is 2.15. The summed E-state index contributed by atoms with van der Waals surface area (Å²) in [6.07, 6.45) is 0. The minimum atomic E-state index is -0.318. The number of halogens is 2. The second kappa shape index (κ2) is 3.76.